The molecule has 0 spiro atoms. The van der Waals surface area contributed by atoms with Gasteiger partial charge in [0.05, 0.1) is 24.4 Å². The van der Waals surface area contributed by atoms with Crippen molar-refractivity contribution < 1.29 is 17.9 Å². The maximum absolute atomic E-state index is 12.5. The van der Waals surface area contributed by atoms with Crippen molar-refractivity contribution in [2.24, 2.45) is 0 Å². The van der Waals surface area contributed by atoms with E-state index in [1.807, 2.05) is 6.92 Å². The largest absolute Gasteiger partial charge is 0.495 e. The summed E-state index contributed by atoms with van der Waals surface area (Å²) in [5.74, 6) is 0.862. The lowest BCUT2D eigenvalue weighted by molar-refractivity contribution is 0.340. The van der Waals surface area contributed by atoms with Crippen LogP contribution in [-0.4, -0.2) is 22.1 Å². The number of anilines is 1. The van der Waals surface area contributed by atoms with Crippen LogP contribution in [-0.2, 0) is 10.0 Å². The molecule has 1 N–H and O–H groups in total. The maximum atomic E-state index is 12.5. The zero-order chi connectivity index (χ0) is 17.0. The van der Waals surface area contributed by atoms with E-state index < -0.39 is 10.0 Å². The van der Waals surface area contributed by atoms with Gasteiger partial charge >= 0.3 is 0 Å². The van der Waals surface area contributed by atoms with Crippen LogP contribution in [0.25, 0.3) is 0 Å². The van der Waals surface area contributed by atoms with E-state index in [0.29, 0.717) is 23.8 Å². The Morgan fingerprint density at radius 2 is 1.87 bits per heavy atom. The highest BCUT2D eigenvalue weighted by Crippen LogP contribution is 2.37. The summed E-state index contributed by atoms with van der Waals surface area (Å²) in [4.78, 5) is -0.133. The van der Waals surface area contributed by atoms with E-state index in [2.05, 4.69) is 4.72 Å². The second kappa shape index (κ2) is 7.29. The fourth-order valence-corrected chi connectivity index (χ4v) is 3.80. The van der Waals surface area contributed by atoms with Gasteiger partial charge in [0.15, 0.2) is 0 Å². The minimum absolute atomic E-state index is 0.0418. The molecule has 0 bridgehead atoms. The molecule has 0 aromatic heterocycles. The third kappa shape index (κ3) is 4.02. The highest BCUT2D eigenvalue weighted by Gasteiger charge is 2.22. The first-order valence-electron chi connectivity index (χ1n) is 6.66. The molecule has 5 nitrogen and oxygen atoms in total. The number of ether oxygens (including phenoxy) is 2. The number of hydrogen-bond donors (Lipinski definition) is 1. The third-order valence-corrected chi connectivity index (χ3v) is 5.32. The fraction of sp³-hybridized carbons (Fsp3) is 0.200. The van der Waals surface area contributed by atoms with Gasteiger partial charge in [-0.2, -0.15) is 0 Å². The topological polar surface area (TPSA) is 64.6 Å². The summed E-state index contributed by atoms with van der Waals surface area (Å²) in [6, 6.07) is 9.39. The molecule has 124 valence electrons. The van der Waals surface area contributed by atoms with Crippen molar-refractivity contribution in [2.75, 3.05) is 18.4 Å². The smallest absolute Gasteiger partial charge is 0.263 e. The molecule has 0 aliphatic rings. The quantitative estimate of drug-likeness (QED) is 0.821. The SMILES string of the molecule is CCOc1cccc(NS(=O)(=O)c2ccc(OC)c(Cl)c2Cl)c1. The normalized spacial score (nSPS) is 11.1. The van der Waals surface area contributed by atoms with Crippen molar-refractivity contribution in [1.82, 2.24) is 0 Å². The molecule has 0 saturated heterocycles. The Morgan fingerprint density at radius 3 is 2.52 bits per heavy atom. The second-order valence-corrected chi connectivity index (χ2v) is 6.87. The van der Waals surface area contributed by atoms with E-state index in [1.54, 1.807) is 24.3 Å². The van der Waals surface area contributed by atoms with Crippen LogP contribution in [0.3, 0.4) is 0 Å². The predicted octanol–water partition coefficient (Wildman–Crippen LogP) is 4.20. The monoisotopic (exact) mass is 375 g/mol. The lowest BCUT2D eigenvalue weighted by atomic mass is 10.3. The molecule has 0 aliphatic carbocycles. The Balaban J connectivity index is 2.36. The Bertz CT molecular complexity index is 809. The van der Waals surface area contributed by atoms with E-state index in [1.165, 1.54) is 19.2 Å². The Labute approximate surface area is 145 Å². The summed E-state index contributed by atoms with van der Waals surface area (Å²) in [5, 5.41) is -0.0559. The summed E-state index contributed by atoms with van der Waals surface area (Å²) in [6.07, 6.45) is 0. The van der Waals surface area contributed by atoms with E-state index in [4.69, 9.17) is 32.7 Å². The number of hydrogen-bond acceptors (Lipinski definition) is 4. The van der Waals surface area contributed by atoms with Gasteiger partial charge in [-0.15, -0.1) is 0 Å². The second-order valence-electron chi connectivity index (χ2n) is 4.46. The molecule has 0 unspecified atom stereocenters. The van der Waals surface area contributed by atoms with Crippen molar-refractivity contribution >= 4 is 38.9 Å². The zero-order valence-corrected chi connectivity index (χ0v) is 14.8. The van der Waals surface area contributed by atoms with Crippen LogP contribution in [0.1, 0.15) is 6.92 Å². The van der Waals surface area contributed by atoms with Gasteiger partial charge in [0.1, 0.15) is 21.4 Å². The van der Waals surface area contributed by atoms with Gasteiger partial charge < -0.3 is 9.47 Å². The number of rotatable bonds is 6. The first-order valence-corrected chi connectivity index (χ1v) is 8.90. The highest BCUT2D eigenvalue weighted by atomic mass is 35.5. The van der Waals surface area contributed by atoms with E-state index >= 15 is 0 Å². The van der Waals surface area contributed by atoms with Crippen LogP contribution in [0.5, 0.6) is 11.5 Å². The molecule has 0 atom stereocenters. The zero-order valence-electron chi connectivity index (χ0n) is 12.5. The van der Waals surface area contributed by atoms with Gasteiger partial charge in [-0.3, -0.25) is 4.72 Å². The van der Waals surface area contributed by atoms with E-state index in [9.17, 15) is 8.42 Å². The third-order valence-electron chi connectivity index (χ3n) is 2.92. The average Bonchev–Trinajstić information content (AvgIpc) is 2.50. The van der Waals surface area contributed by atoms with Crippen LogP contribution in [0.4, 0.5) is 5.69 Å². The van der Waals surface area contributed by atoms with Crippen LogP contribution in [0.15, 0.2) is 41.3 Å². The maximum Gasteiger partial charge on any atom is 0.263 e. The number of methoxy groups -OCH3 is 1. The average molecular weight is 376 g/mol. The van der Waals surface area contributed by atoms with Gasteiger partial charge in [0.25, 0.3) is 10.0 Å². The Kier molecular flexibility index (Phi) is 5.62. The molecule has 2 aromatic carbocycles. The van der Waals surface area contributed by atoms with E-state index in [0.717, 1.165) is 0 Å². The number of halogens is 2. The van der Waals surface area contributed by atoms with Gasteiger partial charge in [-0.25, -0.2) is 8.42 Å². The van der Waals surface area contributed by atoms with E-state index in [-0.39, 0.29) is 14.9 Å². The summed E-state index contributed by atoms with van der Waals surface area (Å²) >= 11 is 12.1. The molecule has 2 rings (SSSR count). The van der Waals surface area contributed by atoms with Crippen LogP contribution in [0.2, 0.25) is 10.0 Å². The lowest BCUT2D eigenvalue weighted by Crippen LogP contribution is -2.13. The molecule has 0 saturated carbocycles. The van der Waals surface area contributed by atoms with Gasteiger partial charge in [-0.05, 0) is 31.2 Å². The van der Waals surface area contributed by atoms with Crippen molar-refractivity contribution in [3.05, 3.63) is 46.4 Å². The molecule has 0 amide bonds. The van der Waals surface area contributed by atoms with Crippen molar-refractivity contribution in [2.45, 2.75) is 11.8 Å². The number of sulfonamides is 1. The summed E-state index contributed by atoms with van der Waals surface area (Å²) in [5.41, 5.74) is 0.360. The van der Waals surface area contributed by atoms with Crippen molar-refractivity contribution in [3.8, 4) is 11.5 Å². The predicted molar refractivity (Wildman–Crippen MR) is 91.4 cm³/mol. The highest BCUT2D eigenvalue weighted by molar-refractivity contribution is 7.92. The van der Waals surface area contributed by atoms with Crippen molar-refractivity contribution in [3.63, 3.8) is 0 Å². The van der Waals surface area contributed by atoms with Crippen LogP contribution in [0, 0.1) is 0 Å². The Morgan fingerprint density at radius 1 is 1.13 bits per heavy atom. The van der Waals surface area contributed by atoms with Crippen LogP contribution < -0.4 is 14.2 Å². The Hall–Kier alpha value is -1.63. The molecule has 23 heavy (non-hydrogen) atoms. The van der Waals surface area contributed by atoms with Crippen LogP contribution >= 0.6 is 23.2 Å². The molecule has 2 aromatic rings. The summed E-state index contributed by atoms with van der Waals surface area (Å²) in [6.45, 7) is 2.33. The number of benzene rings is 2. The molecule has 8 heteroatoms. The summed E-state index contributed by atoms with van der Waals surface area (Å²) in [7, 11) is -2.48. The lowest BCUT2D eigenvalue weighted by Gasteiger charge is -2.13. The molecule has 0 heterocycles. The fourth-order valence-electron chi connectivity index (χ4n) is 1.91. The van der Waals surface area contributed by atoms with Gasteiger partial charge in [-0.1, -0.05) is 29.3 Å². The van der Waals surface area contributed by atoms with Gasteiger partial charge in [0, 0.05) is 6.07 Å². The minimum atomic E-state index is -3.90. The summed E-state index contributed by atoms with van der Waals surface area (Å²) < 4.78 is 37.8. The van der Waals surface area contributed by atoms with Gasteiger partial charge in [0.2, 0.25) is 0 Å². The first kappa shape index (κ1) is 17.7. The van der Waals surface area contributed by atoms with Crippen molar-refractivity contribution in [1.29, 1.82) is 0 Å². The first-order chi connectivity index (χ1) is 10.9. The molecule has 0 fully saturated rings. The number of nitrogens with one attached hydrogen (secondary N) is 1. The molecule has 0 aliphatic heterocycles. The minimum Gasteiger partial charge on any atom is -0.495 e. The molecular weight excluding hydrogens is 361 g/mol. The molecular formula is C15H15Cl2NO4S. The molecule has 0 radical (unpaired) electrons. The standard InChI is InChI=1S/C15H15Cl2NO4S/c1-3-22-11-6-4-5-10(9-11)18-23(19,20)13-8-7-12(21-2)14(16)15(13)17/h4-9,18H,3H2,1-2H3.